The zero-order valence-corrected chi connectivity index (χ0v) is 10.8. The Labute approximate surface area is 98.2 Å². The normalized spacial score (nSPS) is 13.6. The van der Waals surface area contributed by atoms with Crippen molar-refractivity contribution in [2.24, 2.45) is 0 Å². The van der Waals surface area contributed by atoms with Gasteiger partial charge in [-0.1, -0.05) is 12.1 Å². The molecule has 0 saturated carbocycles. The van der Waals surface area contributed by atoms with Gasteiger partial charge in [-0.3, -0.25) is 0 Å². The molecule has 0 saturated heterocycles. The van der Waals surface area contributed by atoms with Crippen molar-refractivity contribution in [3.8, 4) is 5.75 Å². The zero-order chi connectivity index (χ0) is 12.2. The molecule has 0 spiro atoms. The molecule has 3 nitrogen and oxygen atoms in total. The number of methoxy groups -OCH3 is 1. The third kappa shape index (κ3) is 2.74. The summed E-state index contributed by atoms with van der Waals surface area (Å²) >= 11 is 0. The molecule has 0 bridgehead atoms. The summed E-state index contributed by atoms with van der Waals surface area (Å²) in [4.78, 5) is 0. The summed E-state index contributed by atoms with van der Waals surface area (Å²) in [6.07, 6.45) is 0. The van der Waals surface area contributed by atoms with Crippen molar-refractivity contribution in [2.45, 2.75) is 25.4 Å². The van der Waals surface area contributed by atoms with Crippen LogP contribution in [0, 0.1) is 0 Å². The molecule has 3 heteroatoms. The van der Waals surface area contributed by atoms with Gasteiger partial charge in [0, 0.05) is 11.6 Å². The topological polar surface area (TPSA) is 33.3 Å². The number of likely N-dealkylation sites (N-methyl/N-ethyl adjacent to an activating group) is 2. The molecule has 1 unspecified atom stereocenters. The van der Waals surface area contributed by atoms with E-state index in [0.29, 0.717) is 0 Å². The summed E-state index contributed by atoms with van der Waals surface area (Å²) in [5, 5.41) is 6.67. The lowest BCUT2D eigenvalue weighted by atomic mass is 9.89. The third-order valence-electron chi connectivity index (χ3n) is 3.10. The Hall–Kier alpha value is -1.06. The second-order valence-electron chi connectivity index (χ2n) is 4.47. The lowest BCUT2D eigenvalue weighted by Crippen LogP contribution is -2.47. The predicted octanol–water partition coefficient (Wildman–Crippen LogP) is 1.95. The molecule has 0 radical (unpaired) electrons. The van der Waals surface area contributed by atoms with Crippen molar-refractivity contribution in [3.63, 3.8) is 0 Å². The van der Waals surface area contributed by atoms with Crippen LogP contribution < -0.4 is 15.4 Å². The zero-order valence-electron chi connectivity index (χ0n) is 10.8. The molecule has 0 amide bonds. The molecule has 0 aliphatic heterocycles. The van der Waals surface area contributed by atoms with E-state index >= 15 is 0 Å². The van der Waals surface area contributed by atoms with Crippen LogP contribution in [-0.2, 0) is 0 Å². The highest BCUT2D eigenvalue weighted by Gasteiger charge is 2.27. The maximum atomic E-state index is 5.16. The summed E-state index contributed by atoms with van der Waals surface area (Å²) < 4.78 is 5.16. The molecule has 0 aliphatic rings. The molecule has 2 N–H and O–H groups in total. The third-order valence-corrected chi connectivity index (χ3v) is 3.10. The second kappa shape index (κ2) is 5.32. The molecular weight excluding hydrogens is 200 g/mol. The Balaban J connectivity index is 2.95. The lowest BCUT2D eigenvalue weighted by molar-refractivity contribution is 0.311. The number of ether oxygens (including phenoxy) is 1. The van der Waals surface area contributed by atoms with Crippen LogP contribution in [0.25, 0.3) is 0 Å². The smallest absolute Gasteiger partial charge is 0.118 e. The first kappa shape index (κ1) is 13.0. The number of nitrogens with one attached hydrogen (secondary N) is 2. The van der Waals surface area contributed by atoms with E-state index < -0.39 is 0 Å². The Bertz CT molecular complexity index is 319. The number of rotatable bonds is 5. The van der Waals surface area contributed by atoms with E-state index in [1.807, 2.05) is 26.2 Å². The van der Waals surface area contributed by atoms with Gasteiger partial charge in [-0.25, -0.2) is 0 Å². The highest BCUT2D eigenvalue weighted by molar-refractivity contribution is 5.30. The quantitative estimate of drug-likeness (QED) is 0.799. The van der Waals surface area contributed by atoms with Crippen LogP contribution in [0.15, 0.2) is 24.3 Å². The summed E-state index contributed by atoms with van der Waals surface area (Å²) in [5.74, 6) is 0.890. The van der Waals surface area contributed by atoms with E-state index in [1.54, 1.807) is 7.11 Å². The Morgan fingerprint density at radius 3 is 2.06 bits per heavy atom. The van der Waals surface area contributed by atoms with Crippen molar-refractivity contribution in [2.75, 3.05) is 21.2 Å². The van der Waals surface area contributed by atoms with E-state index in [4.69, 9.17) is 4.74 Å². The lowest BCUT2D eigenvalue weighted by Gasteiger charge is -2.34. The fraction of sp³-hybridized carbons (Fsp3) is 0.538. The Morgan fingerprint density at radius 1 is 1.12 bits per heavy atom. The summed E-state index contributed by atoms with van der Waals surface area (Å²) in [6.45, 7) is 4.36. The van der Waals surface area contributed by atoms with E-state index in [0.717, 1.165) is 5.75 Å². The molecule has 16 heavy (non-hydrogen) atoms. The molecule has 1 rings (SSSR count). The molecular formula is C13H22N2O. The highest BCUT2D eigenvalue weighted by Crippen LogP contribution is 2.26. The van der Waals surface area contributed by atoms with Crippen LogP contribution in [0.1, 0.15) is 25.5 Å². The Kier molecular flexibility index (Phi) is 4.33. The Morgan fingerprint density at radius 2 is 1.69 bits per heavy atom. The number of benzene rings is 1. The largest absolute Gasteiger partial charge is 0.497 e. The van der Waals surface area contributed by atoms with Gasteiger partial charge in [0.25, 0.3) is 0 Å². The van der Waals surface area contributed by atoms with Crippen molar-refractivity contribution in [1.82, 2.24) is 10.6 Å². The predicted molar refractivity (Wildman–Crippen MR) is 67.9 cm³/mol. The van der Waals surface area contributed by atoms with Crippen molar-refractivity contribution < 1.29 is 4.74 Å². The second-order valence-corrected chi connectivity index (χ2v) is 4.47. The van der Waals surface area contributed by atoms with Gasteiger partial charge in [0.1, 0.15) is 5.75 Å². The van der Waals surface area contributed by atoms with E-state index in [2.05, 4.69) is 36.6 Å². The monoisotopic (exact) mass is 222 g/mol. The van der Waals surface area contributed by atoms with Crippen LogP contribution >= 0.6 is 0 Å². The number of hydrogen-bond acceptors (Lipinski definition) is 3. The van der Waals surface area contributed by atoms with Gasteiger partial charge in [0.15, 0.2) is 0 Å². The molecule has 0 fully saturated rings. The van der Waals surface area contributed by atoms with Crippen LogP contribution in [0.4, 0.5) is 0 Å². The SMILES string of the molecule is CNC(c1ccc(OC)cc1)C(C)(C)NC. The van der Waals surface area contributed by atoms with E-state index in [1.165, 1.54) is 5.56 Å². The van der Waals surface area contributed by atoms with Crippen molar-refractivity contribution in [3.05, 3.63) is 29.8 Å². The molecule has 1 atom stereocenters. The standard InChI is InChI=1S/C13H22N2O/c1-13(2,15-4)12(14-3)10-6-8-11(16-5)9-7-10/h6-9,12,14-15H,1-5H3. The first-order chi connectivity index (χ1) is 7.55. The molecule has 0 aromatic heterocycles. The highest BCUT2D eigenvalue weighted by atomic mass is 16.5. The van der Waals surface area contributed by atoms with Crippen molar-refractivity contribution in [1.29, 1.82) is 0 Å². The van der Waals surface area contributed by atoms with Crippen molar-refractivity contribution >= 4 is 0 Å². The van der Waals surface area contributed by atoms with E-state index in [9.17, 15) is 0 Å². The van der Waals surface area contributed by atoms with Gasteiger partial charge >= 0.3 is 0 Å². The first-order valence-corrected chi connectivity index (χ1v) is 5.55. The maximum Gasteiger partial charge on any atom is 0.118 e. The average Bonchev–Trinajstić information content (AvgIpc) is 2.30. The van der Waals surface area contributed by atoms with Gasteiger partial charge in [-0.05, 0) is 45.6 Å². The number of hydrogen-bond donors (Lipinski definition) is 2. The van der Waals surface area contributed by atoms with E-state index in [-0.39, 0.29) is 11.6 Å². The summed E-state index contributed by atoms with van der Waals surface area (Å²) in [6, 6.07) is 8.44. The minimum Gasteiger partial charge on any atom is -0.497 e. The summed E-state index contributed by atoms with van der Waals surface area (Å²) in [5.41, 5.74) is 1.26. The minimum atomic E-state index is 0.00331. The molecule has 1 aromatic rings. The van der Waals surface area contributed by atoms with Crippen LogP contribution in [-0.4, -0.2) is 26.7 Å². The molecule has 0 aliphatic carbocycles. The van der Waals surface area contributed by atoms with Gasteiger partial charge in [0.2, 0.25) is 0 Å². The van der Waals surface area contributed by atoms with Crippen LogP contribution in [0.5, 0.6) is 5.75 Å². The molecule has 0 heterocycles. The fourth-order valence-electron chi connectivity index (χ4n) is 1.88. The van der Waals surface area contributed by atoms with Crippen LogP contribution in [0.2, 0.25) is 0 Å². The molecule has 90 valence electrons. The summed E-state index contributed by atoms with van der Waals surface area (Å²) in [7, 11) is 5.64. The first-order valence-electron chi connectivity index (χ1n) is 5.55. The average molecular weight is 222 g/mol. The fourth-order valence-corrected chi connectivity index (χ4v) is 1.88. The van der Waals surface area contributed by atoms with Crippen LogP contribution in [0.3, 0.4) is 0 Å². The maximum absolute atomic E-state index is 5.16. The van der Waals surface area contributed by atoms with Gasteiger partial charge in [0.05, 0.1) is 7.11 Å². The van der Waals surface area contributed by atoms with Gasteiger partial charge in [-0.2, -0.15) is 0 Å². The van der Waals surface area contributed by atoms with Gasteiger partial charge in [-0.15, -0.1) is 0 Å². The molecule has 1 aromatic carbocycles. The minimum absolute atomic E-state index is 0.00331. The van der Waals surface area contributed by atoms with Gasteiger partial charge < -0.3 is 15.4 Å².